The van der Waals surface area contributed by atoms with Gasteiger partial charge in [-0.2, -0.15) is 0 Å². The van der Waals surface area contributed by atoms with E-state index in [0.717, 1.165) is 12.2 Å². The molecule has 0 bridgehead atoms. The van der Waals surface area contributed by atoms with Crippen molar-refractivity contribution in [2.75, 3.05) is 0 Å². The van der Waals surface area contributed by atoms with Gasteiger partial charge in [0.25, 0.3) is 0 Å². The number of rotatable bonds is 5. The molecule has 0 aromatic heterocycles. The smallest absolute Gasteiger partial charge is 0.123 e. The van der Waals surface area contributed by atoms with Crippen LogP contribution in [0.5, 0.6) is 5.75 Å². The number of aryl methyl sites for hydroxylation is 2. The van der Waals surface area contributed by atoms with Crippen LogP contribution in [0.3, 0.4) is 0 Å². The van der Waals surface area contributed by atoms with Crippen LogP contribution in [0.1, 0.15) is 29.2 Å². The molecule has 0 saturated heterocycles. The summed E-state index contributed by atoms with van der Waals surface area (Å²) in [7, 11) is 0. The Morgan fingerprint density at radius 3 is 2.55 bits per heavy atom. The highest BCUT2D eigenvalue weighted by Gasteiger charge is 2.06. The second kappa shape index (κ2) is 6.58. The molecule has 0 aliphatic heterocycles. The molecule has 0 spiro atoms. The first-order chi connectivity index (χ1) is 9.56. The van der Waals surface area contributed by atoms with Crippen LogP contribution in [0.2, 0.25) is 0 Å². The second-order valence-electron chi connectivity index (χ2n) is 5.51. The Morgan fingerprint density at radius 1 is 1.05 bits per heavy atom. The predicted octanol–water partition coefficient (Wildman–Crippen LogP) is 3.77. The quantitative estimate of drug-likeness (QED) is 0.896. The molecule has 2 aromatic carbocycles. The van der Waals surface area contributed by atoms with Gasteiger partial charge in [0.15, 0.2) is 0 Å². The fraction of sp³-hybridized carbons (Fsp3) is 0.333. The predicted molar refractivity (Wildman–Crippen MR) is 84.0 cm³/mol. The maximum absolute atomic E-state index is 6.00. The van der Waals surface area contributed by atoms with E-state index in [2.05, 4.69) is 38.1 Å². The summed E-state index contributed by atoms with van der Waals surface area (Å²) in [6, 6.07) is 14.7. The van der Waals surface area contributed by atoms with E-state index in [1.54, 1.807) is 0 Å². The summed E-state index contributed by atoms with van der Waals surface area (Å²) in [6.07, 6.45) is 0.836. The SMILES string of the molecule is Cc1ccc(C)c(COc2ccccc2CC(C)N)c1. The van der Waals surface area contributed by atoms with Crippen molar-refractivity contribution in [3.05, 3.63) is 64.7 Å². The van der Waals surface area contributed by atoms with Gasteiger partial charge in [-0.25, -0.2) is 0 Å². The molecule has 0 aliphatic rings. The second-order valence-corrected chi connectivity index (χ2v) is 5.51. The lowest BCUT2D eigenvalue weighted by atomic mass is 10.1. The van der Waals surface area contributed by atoms with Crippen LogP contribution in [-0.2, 0) is 13.0 Å². The fourth-order valence-electron chi connectivity index (χ4n) is 2.27. The van der Waals surface area contributed by atoms with Crippen molar-refractivity contribution in [1.82, 2.24) is 0 Å². The standard InChI is InChI=1S/C18H23NO/c1-13-8-9-14(2)17(10-13)12-20-18-7-5-4-6-16(18)11-15(3)19/h4-10,15H,11-12,19H2,1-3H3. The number of nitrogens with two attached hydrogens (primary N) is 1. The van der Waals surface area contributed by atoms with Crippen LogP contribution in [0, 0.1) is 13.8 Å². The van der Waals surface area contributed by atoms with Crippen molar-refractivity contribution >= 4 is 0 Å². The van der Waals surface area contributed by atoms with Gasteiger partial charge in [0.1, 0.15) is 12.4 Å². The summed E-state index contributed by atoms with van der Waals surface area (Å²) in [4.78, 5) is 0. The van der Waals surface area contributed by atoms with Gasteiger partial charge in [0, 0.05) is 6.04 Å². The minimum atomic E-state index is 0.139. The largest absolute Gasteiger partial charge is 0.489 e. The lowest BCUT2D eigenvalue weighted by molar-refractivity contribution is 0.301. The van der Waals surface area contributed by atoms with Gasteiger partial charge in [-0.1, -0.05) is 42.0 Å². The average molecular weight is 269 g/mol. The fourth-order valence-corrected chi connectivity index (χ4v) is 2.27. The topological polar surface area (TPSA) is 35.2 Å². The van der Waals surface area contributed by atoms with Crippen LogP contribution < -0.4 is 10.5 Å². The maximum Gasteiger partial charge on any atom is 0.123 e. The lowest BCUT2D eigenvalue weighted by Crippen LogP contribution is -2.18. The Kier molecular flexibility index (Phi) is 4.80. The number of para-hydroxylation sites is 1. The lowest BCUT2D eigenvalue weighted by Gasteiger charge is -2.14. The molecule has 20 heavy (non-hydrogen) atoms. The van der Waals surface area contributed by atoms with E-state index < -0.39 is 0 Å². The van der Waals surface area contributed by atoms with E-state index in [1.165, 1.54) is 22.3 Å². The first-order valence-electron chi connectivity index (χ1n) is 7.08. The van der Waals surface area contributed by atoms with Crippen LogP contribution >= 0.6 is 0 Å². The molecular formula is C18H23NO. The van der Waals surface area contributed by atoms with Crippen molar-refractivity contribution < 1.29 is 4.74 Å². The number of benzene rings is 2. The molecule has 2 rings (SSSR count). The van der Waals surface area contributed by atoms with Crippen molar-refractivity contribution in [3.63, 3.8) is 0 Å². The van der Waals surface area contributed by atoms with Crippen molar-refractivity contribution in [2.45, 2.75) is 39.8 Å². The zero-order chi connectivity index (χ0) is 14.5. The molecule has 2 heteroatoms. The Labute approximate surface area is 121 Å². The molecule has 1 unspecified atom stereocenters. The van der Waals surface area contributed by atoms with Gasteiger partial charge < -0.3 is 10.5 Å². The van der Waals surface area contributed by atoms with Gasteiger partial charge in [0.2, 0.25) is 0 Å². The normalized spacial score (nSPS) is 12.2. The zero-order valence-electron chi connectivity index (χ0n) is 12.5. The first-order valence-corrected chi connectivity index (χ1v) is 7.08. The summed E-state index contributed by atoms with van der Waals surface area (Å²) in [5.74, 6) is 0.936. The molecule has 0 radical (unpaired) electrons. The van der Waals surface area contributed by atoms with Gasteiger partial charge >= 0.3 is 0 Å². The Bertz CT molecular complexity index is 575. The minimum Gasteiger partial charge on any atom is -0.489 e. The summed E-state index contributed by atoms with van der Waals surface area (Å²) in [5, 5.41) is 0. The number of hydrogen-bond donors (Lipinski definition) is 1. The van der Waals surface area contributed by atoms with E-state index >= 15 is 0 Å². The monoisotopic (exact) mass is 269 g/mol. The molecule has 0 heterocycles. The van der Waals surface area contributed by atoms with Gasteiger partial charge in [-0.15, -0.1) is 0 Å². The molecule has 2 aromatic rings. The van der Waals surface area contributed by atoms with E-state index in [1.807, 2.05) is 25.1 Å². The zero-order valence-corrected chi connectivity index (χ0v) is 12.5. The van der Waals surface area contributed by atoms with E-state index in [-0.39, 0.29) is 6.04 Å². The van der Waals surface area contributed by atoms with Crippen LogP contribution in [0.15, 0.2) is 42.5 Å². The molecule has 2 nitrogen and oxygen atoms in total. The van der Waals surface area contributed by atoms with Gasteiger partial charge in [-0.3, -0.25) is 0 Å². The Hall–Kier alpha value is -1.80. The Morgan fingerprint density at radius 2 is 1.80 bits per heavy atom. The molecule has 0 amide bonds. The van der Waals surface area contributed by atoms with Crippen LogP contribution in [-0.4, -0.2) is 6.04 Å². The van der Waals surface area contributed by atoms with Crippen LogP contribution in [0.4, 0.5) is 0 Å². The van der Waals surface area contributed by atoms with E-state index in [0.29, 0.717) is 6.61 Å². The van der Waals surface area contributed by atoms with Gasteiger partial charge in [-0.05, 0) is 49.9 Å². The third kappa shape index (κ3) is 3.84. The third-order valence-corrected chi connectivity index (χ3v) is 3.40. The van der Waals surface area contributed by atoms with Crippen molar-refractivity contribution in [2.24, 2.45) is 5.73 Å². The Balaban J connectivity index is 2.12. The van der Waals surface area contributed by atoms with Gasteiger partial charge in [0.05, 0.1) is 0 Å². The van der Waals surface area contributed by atoms with Crippen molar-refractivity contribution in [3.8, 4) is 5.75 Å². The highest BCUT2D eigenvalue weighted by atomic mass is 16.5. The molecular weight excluding hydrogens is 246 g/mol. The molecule has 1 atom stereocenters. The molecule has 0 fully saturated rings. The molecule has 0 aliphatic carbocycles. The van der Waals surface area contributed by atoms with E-state index in [4.69, 9.17) is 10.5 Å². The maximum atomic E-state index is 6.00. The first kappa shape index (κ1) is 14.6. The summed E-state index contributed by atoms with van der Waals surface area (Å²) in [6.45, 7) is 6.84. The minimum absolute atomic E-state index is 0.139. The van der Waals surface area contributed by atoms with E-state index in [9.17, 15) is 0 Å². The van der Waals surface area contributed by atoms with Crippen LogP contribution in [0.25, 0.3) is 0 Å². The number of hydrogen-bond acceptors (Lipinski definition) is 2. The highest BCUT2D eigenvalue weighted by molar-refractivity contribution is 5.35. The summed E-state index contributed by atoms with van der Waals surface area (Å²) in [5.41, 5.74) is 10.8. The van der Waals surface area contributed by atoms with Crippen molar-refractivity contribution in [1.29, 1.82) is 0 Å². The highest BCUT2D eigenvalue weighted by Crippen LogP contribution is 2.21. The molecule has 0 saturated carbocycles. The summed E-state index contributed by atoms with van der Waals surface area (Å²) >= 11 is 0. The average Bonchev–Trinajstić information content (AvgIpc) is 2.41. The molecule has 106 valence electrons. The third-order valence-electron chi connectivity index (χ3n) is 3.40. The number of ether oxygens (including phenoxy) is 1. The molecule has 2 N–H and O–H groups in total. The summed E-state index contributed by atoms with van der Waals surface area (Å²) < 4.78 is 6.00.